The summed E-state index contributed by atoms with van der Waals surface area (Å²) in [6.07, 6.45) is 4.00. The minimum Gasteiger partial charge on any atom is -0.489 e. The Morgan fingerprint density at radius 1 is 1.09 bits per heavy atom. The molecule has 5 nitrogen and oxygen atoms in total. The van der Waals surface area contributed by atoms with Crippen LogP contribution >= 0.6 is 47.2 Å². The summed E-state index contributed by atoms with van der Waals surface area (Å²) in [5.74, 6) is -0.262. The van der Waals surface area contributed by atoms with Gasteiger partial charge < -0.3 is 9.84 Å². The first-order chi connectivity index (χ1) is 15.3. The molecule has 0 bridgehead atoms. The summed E-state index contributed by atoms with van der Waals surface area (Å²) in [5.41, 5.74) is 1.58. The number of hydrogen-bond acceptors (Lipinski definition) is 5. The molecule has 2 aromatic carbocycles. The summed E-state index contributed by atoms with van der Waals surface area (Å²) < 4.78 is 6.31. The van der Waals surface area contributed by atoms with Crippen molar-refractivity contribution in [1.29, 1.82) is 0 Å². The molecule has 1 fully saturated rings. The SMILES string of the molecule is O=C(O)CCCCCN1C(=O)/C(=C/c2ccc(OCc3c(Cl)cccc3Cl)cc2)SC1=S. The summed E-state index contributed by atoms with van der Waals surface area (Å²) in [4.78, 5) is 25.4. The van der Waals surface area contributed by atoms with Crippen LogP contribution in [0.1, 0.15) is 36.8 Å². The zero-order valence-corrected chi connectivity index (χ0v) is 20.2. The number of nitrogens with zero attached hydrogens (tertiary/aromatic N) is 1. The van der Waals surface area contributed by atoms with E-state index in [-0.39, 0.29) is 18.9 Å². The predicted molar refractivity (Wildman–Crippen MR) is 133 cm³/mol. The molecule has 0 spiro atoms. The lowest BCUT2D eigenvalue weighted by Gasteiger charge is -2.13. The maximum atomic E-state index is 12.7. The molecule has 32 heavy (non-hydrogen) atoms. The molecule has 1 heterocycles. The van der Waals surface area contributed by atoms with Crippen LogP contribution in [0.5, 0.6) is 5.75 Å². The Morgan fingerprint density at radius 2 is 1.78 bits per heavy atom. The summed E-state index contributed by atoms with van der Waals surface area (Å²) in [6.45, 7) is 0.752. The van der Waals surface area contributed by atoms with Crippen LogP contribution in [0, 0.1) is 0 Å². The van der Waals surface area contributed by atoms with Gasteiger partial charge in [-0.2, -0.15) is 0 Å². The summed E-state index contributed by atoms with van der Waals surface area (Å²) in [6, 6.07) is 12.7. The van der Waals surface area contributed by atoms with Crippen LogP contribution in [0.3, 0.4) is 0 Å². The van der Waals surface area contributed by atoms with Crippen LogP contribution in [0.15, 0.2) is 47.4 Å². The zero-order chi connectivity index (χ0) is 23.1. The molecule has 0 aromatic heterocycles. The minimum absolute atomic E-state index is 0.119. The second-order valence-corrected chi connectivity index (χ2v) is 9.59. The average Bonchev–Trinajstić information content (AvgIpc) is 3.01. The first-order valence-corrected chi connectivity index (χ1v) is 12.0. The van der Waals surface area contributed by atoms with E-state index in [0.29, 0.717) is 44.4 Å². The predicted octanol–water partition coefficient (Wildman–Crippen LogP) is 6.42. The van der Waals surface area contributed by atoms with Gasteiger partial charge in [-0.25, -0.2) is 0 Å². The minimum atomic E-state index is -0.803. The molecule has 0 unspecified atom stereocenters. The van der Waals surface area contributed by atoms with Crippen LogP contribution in [0.2, 0.25) is 10.0 Å². The first-order valence-electron chi connectivity index (χ1n) is 9.98. The molecule has 0 atom stereocenters. The molecule has 0 saturated carbocycles. The third kappa shape index (κ3) is 6.72. The molecule has 1 saturated heterocycles. The van der Waals surface area contributed by atoms with E-state index in [0.717, 1.165) is 17.5 Å². The number of thioether (sulfide) groups is 1. The number of rotatable bonds is 10. The third-order valence-corrected chi connectivity index (χ3v) is 6.85. The van der Waals surface area contributed by atoms with Gasteiger partial charge in [-0.1, -0.05) is 71.8 Å². The fourth-order valence-electron chi connectivity index (χ4n) is 3.05. The van der Waals surface area contributed by atoms with E-state index in [1.165, 1.54) is 11.8 Å². The van der Waals surface area contributed by atoms with Crippen molar-refractivity contribution in [2.45, 2.75) is 32.3 Å². The topological polar surface area (TPSA) is 66.8 Å². The van der Waals surface area contributed by atoms with Crippen molar-refractivity contribution in [2.24, 2.45) is 0 Å². The summed E-state index contributed by atoms with van der Waals surface area (Å²) in [5, 5.41) is 9.80. The average molecular weight is 510 g/mol. The second-order valence-electron chi connectivity index (χ2n) is 7.10. The maximum absolute atomic E-state index is 12.7. The van der Waals surface area contributed by atoms with E-state index >= 15 is 0 Å². The number of hydrogen-bond donors (Lipinski definition) is 1. The highest BCUT2D eigenvalue weighted by molar-refractivity contribution is 8.26. The standard InChI is InChI=1S/C23H21Cl2NO4S2/c24-18-5-4-6-19(25)17(18)14-30-16-10-8-15(9-11-16)13-20-22(29)26(23(31)32-20)12-3-1-2-7-21(27)28/h4-6,8-11,13H,1-3,7,12,14H2,(H,27,28)/b20-13-. The lowest BCUT2D eigenvalue weighted by molar-refractivity contribution is -0.137. The van der Waals surface area contributed by atoms with E-state index in [2.05, 4.69) is 0 Å². The van der Waals surface area contributed by atoms with E-state index in [9.17, 15) is 9.59 Å². The van der Waals surface area contributed by atoms with Crippen molar-refractivity contribution < 1.29 is 19.4 Å². The Kier molecular flexibility index (Phi) is 8.99. The van der Waals surface area contributed by atoms with Crippen molar-refractivity contribution in [3.8, 4) is 5.75 Å². The van der Waals surface area contributed by atoms with Crippen LogP contribution in [-0.2, 0) is 16.2 Å². The third-order valence-electron chi connectivity index (χ3n) is 4.77. The smallest absolute Gasteiger partial charge is 0.303 e. The highest BCUT2D eigenvalue weighted by Gasteiger charge is 2.31. The van der Waals surface area contributed by atoms with Crippen molar-refractivity contribution in [1.82, 2.24) is 4.90 Å². The largest absolute Gasteiger partial charge is 0.489 e. The molecule has 3 rings (SSSR count). The molecule has 1 N–H and O–H groups in total. The highest BCUT2D eigenvalue weighted by Crippen LogP contribution is 2.33. The van der Waals surface area contributed by atoms with Crippen LogP contribution in [-0.4, -0.2) is 32.7 Å². The molecule has 1 amide bonds. The Hall–Kier alpha value is -2.06. The van der Waals surface area contributed by atoms with Crippen LogP contribution in [0.4, 0.5) is 0 Å². The number of aliphatic carboxylic acids is 1. The van der Waals surface area contributed by atoms with Gasteiger partial charge in [-0.05, 0) is 48.7 Å². The van der Waals surface area contributed by atoms with Gasteiger partial charge in [0.05, 0.1) is 4.91 Å². The molecule has 9 heteroatoms. The molecule has 168 valence electrons. The Balaban J connectivity index is 1.55. The Labute approximate surface area is 206 Å². The number of halogens is 2. The van der Waals surface area contributed by atoms with Gasteiger partial charge in [0.2, 0.25) is 0 Å². The number of amides is 1. The summed E-state index contributed by atoms with van der Waals surface area (Å²) >= 11 is 19.0. The quantitative estimate of drug-likeness (QED) is 0.226. The van der Waals surface area contributed by atoms with Gasteiger partial charge in [-0.3, -0.25) is 14.5 Å². The zero-order valence-electron chi connectivity index (χ0n) is 17.1. The van der Waals surface area contributed by atoms with Crippen molar-refractivity contribution in [3.63, 3.8) is 0 Å². The highest BCUT2D eigenvalue weighted by atomic mass is 35.5. The van der Waals surface area contributed by atoms with Gasteiger partial charge in [0.25, 0.3) is 5.91 Å². The number of ether oxygens (including phenoxy) is 1. The molecular weight excluding hydrogens is 489 g/mol. The maximum Gasteiger partial charge on any atom is 0.303 e. The van der Waals surface area contributed by atoms with Crippen molar-refractivity contribution in [2.75, 3.05) is 6.54 Å². The van der Waals surface area contributed by atoms with Crippen LogP contribution in [0.25, 0.3) is 6.08 Å². The molecule has 2 aromatic rings. The first kappa shape index (κ1) is 24.6. The van der Waals surface area contributed by atoms with E-state index < -0.39 is 5.97 Å². The lowest BCUT2D eigenvalue weighted by Crippen LogP contribution is -2.29. The second kappa shape index (κ2) is 11.7. The number of carboxylic acids is 1. The normalized spacial score (nSPS) is 14.9. The van der Waals surface area contributed by atoms with Gasteiger partial charge >= 0.3 is 5.97 Å². The number of carbonyl (C=O) groups is 2. The Morgan fingerprint density at radius 3 is 2.44 bits per heavy atom. The van der Waals surface area contributed by atoms with Crippen LogP contribution < -0.4 is 4.74 Å². The van der Waals surface area contributed by atoms with E-state index in [1.807, 2.05) is 24.3 Å². The Bertz CT molecular complexity index is 1020. The van der Waals surface area contributed by atoms with Gasteiger partial charge in [0.1, 0.15) is 16.7 Å². The molecule has 1 aliphatic rings. The van der Waals surface area contributed by atoms with Crippen molar-refractivity contribution in [3.05, 3.63) is 68.5 Å². The van der Waals surface area contributed by atoms with Crippen molar-refractivity contribution >= 4 is 69.5 Å². The number of unbranched alkanes of at least 4 members (excludes halogenated alkanes) is 2. The van der Waals surface area contributed by atoms with E-state index in [1.54, 1.807) is 29.2 Å². The van der Waals surface area contributed by atoms with Gasteiger partial charge in [-0.15, -0.1) is 0 Å². The summed E-state index contributed by atoms with van der Waals surface area (Å²) in [7, 11) is 0. The fourth-order valence-corrected chi connectivity index (χ4v) is 4.87. The fraction of sp³-hybridized carbons (Fsp3) is 0.261. The molecule has 1 aliphatic heterocycles. The number of carbonyl (C=O) groups excluding carboxylic acids is 1. The number of carboxylic acid groups (broad SMARTS) is 1. The van der Waals surface area contributed by atoms with Gasteiger partial charge in [0, 0.05) is 28.6 Å². The number of benzene rings is 2. The van der Waals surface area contributed by atoms with Gasteiger partial charge in [0.15, 0.2) is 0 Å². The molecule has 0 aliphatic carbocycles. The number of thiocarbonyl (C=S) groups is 1. The molecule has 0 radical (unpaired) electrons. The lowest BCUT2D eigenvalue weighted by atomic mass is 10.2. The van der Waals surface area contributed by atoms with E-state index in [4.69, 9.17) is 45.3 Å². The molecular formula is C23H21Cl2NO4S2. The monoisotopic (exact) mass is 509 g/mol.